The molecule has 0 aliphatic rings. The van der Waals surface area contributed by atoms with E-state index in [1.807, 2.05) is 13.8 Å². The van der Waals surface area contributed by atoms with Gasteiger partial charge in [-0.05, 0) is 32.4 Å². The second kappa shape index (κ2) is 5.14. The van der Waals surface area contributed by atoms with Gasteiger partial charge in [0.05, 0.1) is 5.56 Å². The number of pyridine rings is 1. The molecule has 0 spiro atoms. The van der Waals surface area contributed by atoms with E-state index in [0.717, 1.165) is 6.42 Å². The monoisotopic (exact) mass is 236 g/mol. The third-order valence-corrected chi connectivity index (χ3v) is 3.25. The van der Waals surface area contributed by atoms with E-state index in [9.17, 15) is 4.79 Å². The first-order valence-corrected chi connectivity index (χ1v) is 5.64. The van der Waals surface area contributed by atoms with Gasteiger partial charge < -0.3 is 10.3 Å². The second-order valence-electron chi connectivity index (χ2n) is 4.57. The summed E-state index contributed by atoms with van der Waals surface area (Å²) in [7, 11) is 1.79. The minimum absolute atomic E-state index is 0.0853. The molecule has 1 aromatic rings. The number of hydrogen-bond acceptors (Lipinski definition) is 4. The molecule has 17 heavy (non-hydrogen) atoms. The van der Waals surface area contributed by atoms with Crippen LogP contribution in [0.15, 0.2) is 18.3 Å². The molecule has 0 aliphatic carbocycles. The van der Waals surface area contributed by atoms with Gasteiger partial charge in [-0.2, -0.15) is 0 Å². The van der Waals surface area contributed by atoms with Crippen LogP contribution < -0.4 is 11.3 Å². The second-order valence-corrected chi connectivity index (χ2v) is 4.57. The van der Waals surface area contributed by atoms with Crippen LogP contribution in [0.4, 0.5) is 5.82 Å². The molecule has 94 valence electrons. The fraction of sp³-hybridized carbons (Fsp3) is 0.500. The summed E-state index contributed by atoms with van der Waals surface area (Å²) in [5, 5.41) is 0. The van der Waals surface area contributed by atoms with Crippen molar-refractivity contribution in [2.45, 2.75) is 32.7 Å². The van der Waals surface area contributed by atoms with Gasteiger partial charge in [0, 0.05) is 18.8 Å². The molecule has 0 aromatic carbocycles. The summed E-state index contributed by atoms with van der Waals surface area (Å²) >= 11 is 0. The Morgan fingerprint density at radius 3 is 2.76 bits per heavy atom. The summed E-state index contributed by atoms with van der Waals surface area (Å²) in [5.74, 6) is 5.66. The van der Waals surface area contributed by atoms with Crippen LogP contribution in [0, 0.1) is 0 Å². The van der Waals surface area contributed by atoms with Gasteiger partial charge in [-0.3, -0.25) is 4.79 Å². The molecule has 5 heteroatoms. The first kappa shape index (κ1) is 13.4. The maximum Gasteiger partial charge on any atom is 0.257 e. The van der Waals surface area contributed by atoms with Gasteiger partial charge in [-0.15, -0.1) is 0 Å². The summed E-state index contributed by atoms with van der Waals surface area (Å²) in [6.07, 6.45) is 2.47. The van der Waals surface area contributed by atoms with E-state index in [0.29, 0.717) is 11.4 Å². The maximum absolute atomic E-state index is 12.3. The summed E-state index contributed by atoms with van der Waals surface area (Å²) in [5.41, 5.74) is 2.73. The summed E-state index contributed by atoms with van der Waals surface area (Å²) in [6.45, 7) is 6.10. The SMILES string of the molecule is CCC(C)(C)N(C)C(=O)c1cccnc1NN. The van der Waals surface area contributed by atoms with Crippen molar-refractivity contribution in [2.24, 2.45) is 5.84 Å². The van der Waals surface area contributed by atoms with Gasteiger partial charge in [0.2, 0.25) is 0 Å². The van der Waals surface area contributed by atoms with Gasteiger partial charge in [0.15, 0.2) is 5.82 Å². The normalized spacial score (nSPS) is 11.1. The van der Waals surface area contributed by atoms with Gasteiger partial charge >= 0.3 is 0 Å². The summed E-state index contributed by atoms with van der Waals surface area (Å²) in [4.78, 5) is 18.1. The van der Waals surface area contributed by atoms with Crippen LogP contribution in [-0.4, -0.2) is 28.4 Å². The number of carbonyl (C=O) groups is 1. The lowest BCUT2D eigenvalue weighted by molar-refractivity contribution is 0.0621. The highest BCUT2D eigenvalue weighted by atomic mass is 16.2. The number of hydrogen-bond donors (Lipinski definition) is 2. The molecule has 0 saturated heterocycles. The Hall–Kier alpha value is -1.62. The van der Waals surface area contributed by atoms with Crippen LogP contribution in [0.25, 0.3) is 0 Å². The van der Waals surface area contributed by atoms with Gasteiger partial charge in [0.1, 0.15) is 0 Å². The lowest BCUT2D eigenvalue weighted by Crippen LogP contribution is -2.44. The van der Waals surface area contributed by atoms with Gasteiger partial charge in [-0.1, -0.05) is 6.92 Å². The topological polar surface area (TPSA) is 71.2 Å². The largest absolute Gasteiger partial charge is 0.336 e. The molecule has 1 amide bonds. The standard InChI is InChI=1S/C12H20N4O/c1-5-12(2,3)16(4)11(17)9-7-6-8-14-10(9)15-13/h6-8H,5,13H2,1-4H3,(H,14,15). The Kier molecular flexibility index (Phi) is 4.07. The lowest BCUT2D eigenvalue weighted by atomic mass is 9.99. The maximum atomic E-state index is 12.3. The minimum atomic E-state index is -0.196. The van der Waals surface area contributed by atoms with Crippen molar-refractivity contribution in [3.63, 3.8) is 0 Å². The first-order chi connectivity index (χ1) is 7.94. The van der Waals surface area contributed by atoms with Crippen molar-refractivity contribution in [3.8, 4) is 0 Å². The molecule has 1 heterocycles. The van der Waals surface area contributed by atoms with Crippen molar-refractivity contribution in [1.82, 2.24) is 9.88 Å². The van der Waals surface area contributed by atoms with E-state index >= 15 is 0 Å². The number of hydrazine groups is 1. The quantitative estimate of drug-likeness (QED) is 0.615. The third-order valence-electron chi connectivity index (χ3n) is 3.25. The molecular weight excluding hydrogens is 216 g/mol. The number of carbonyl (C=O) groups excluding carboxylic acids is 1. The Bertz CT molecular complexity index is 403. The predicted molar refractivity (Wildman–Crippen MR) is 68.5 cm³/mol. The lowest BCUT2D eigenvalue weighted by Gasteiger charge is -2.35. The smallest absolute Gasteiger partial charge is 0.257 e. The fourth-order valence-electron chi connectivity index (χ4n) is 1.39. The number of nitrogen functional groups attached to an aromatic ring is 1. The van der Waals surface area contributed by atoms with Crippen LogP contribution in [0.5, 0.6) is 0 Å². The Balaban J connectivity index is 3.04. The zero-order valence-electron chi connectivity index (χ0n) is 10.8. The number of rotatable bonds is 4. The molecular formula is C12H20N4O. The highest BCUT2D eigenvalue weighted by Gasteiger charge is 2.27. The van der Waals surface area contributed by atoms with Crippen LogP contribution in [-0.2, 0) is 0 Å². The molecule has 0 atom stereocenters. The Labute approximate surface area is 102 Å². The van der Waals surface area contributed by atoms with Crippen molar-refractivity contribution in [3.05, 3.63) is 23.9 Å². The number of nitrogens with two attached hydrogens (primary N) is 1. The summed E-state index contributed by atoms with van der Waals surface area (Å²) in [6, 6.07) is 3.44. The molecule has 0 unspecified atom stereocenters. The number of anilines is 1. The minimum Gasteiger partial charge on any atom is -0.336 e. The molecule has 0 fully saturated rings. The van der Waals surface area contributed by atoms with Crippen molar-refractivity contribution >= 4 is 11.7 Å². The van der Waals surface area contributed by atoms with Crippen LogP contribution in [0.2, 0.25) is 0 Å². The zero-order valence-corrected chi connectivity index (χ0v) is 10.8. The van der Waals surface area contributed by atoms with E-state index in [2.05, 4.69) is 17.3 Å². The molecule has 0 radical (unpaired) electrons. The molecule has 1 aromatic heterocycles. The highest BCUT2D eigenvalue weighted by Crippen LogP contribution is 2.21. The number of aromatic nitrogens is 1. The van der Waals surface area contributed by atoms with Crippen LogP contribution >= 0.6 is 0 Å². The number of amides is 1. The van der Waals surface area contributed by atoms with Gasteiger partial charge in [-0.25, -0.2) is 10.8 Å². The Morgan fingerprint density at radius 2 is 2.24 bits per heavy atom. The van der Waals surface area contributed by atoms with E-state index in [-0.39, 0.29) is 11.4 Å². The van der Waals surface area contributed by atoms with Crippen molar-refractivity contribution in [2.75, 3.05) is 12.5 Å². The molecule has 0 aliphatic heterocycles. The average molecular weight is 236 g/mol. The first-order valence-electron chi connectivity index (χ1n) is 5.64. The average Bonchev–Trinajstić information content (AvgIpc) is 2.36. The Morgan fingerprint density at radius 1 is 1.59 bits per heavy atom. The molecule has 3 N–H and O–H groups in total. The van der Waals surface area contributed by atoms with E-state index in [1.165, 1.54) is 0 Å². The van der Waals surface area contributed by atoms with E-state index < -0.39 is 0 Å². The molecule has 0 bridgehead atoms. The number of nitrogens with zero attached hydrogens (tertiary/aromatic N) is 2. The zero-order chi connectivity index (χ0) is 13.1. The summed E-state index contributed by atoms with van der Waals surface area (Å²) < 4.78 is 0. The predicted octanol–water partition coefficient (Wildman–Crippen LogP) is 1.63. The fourth-order valence-corrected chi connectivity index (χ4v) is 1.39. The van der Waals surface area contributed by atoms with E-state index in [1.54, 1.807) is 30.3 Å². The van der Waals surface area contributed by atoms with E-state index in [4.69, 9.17) is 5.84 Å². The molecule has 1 rings (SSSR count). The van der Waals surface area contributed by atoms with Crippen molar-refractivity contribution < 1.29 is 4.79 Å². The third kappa shape index (κ3) is 2.74. The number of nitrogens with one attached hydrogen (secondary N) is 1. The van der Waals surface area contributed by atoms with Gasteiger partial charge in [0.25, 0.3) is 5.91 Å². The van der Waals surface area contributed by atoms with Crippen molar-refractivity contribution in [1.29, 1.82) is 0 Å². The van der Waals surface area contributed by atoms with Crippen LogP contribution in [0.3, 0.4) is 0 Å². The highest BCUT2D eigenvalue weighted by molar-refractivity contribution is 5.98. The molecule has 5 nitrogen and oxygen atoms in total. The molecule has 0 saturated carbocycles. The van der Waals surface area contributed by atoms with Crippen LogP contribution in [0.1, 0.15) is 37.6 Å².